The maximum atomic E-state index is 12.0. The van der Waals surface area contributed by atoms with Gasteiger partial charge < -0.3 is 10.4 Å². The lowest BCUT2D eigenvalue weighted by molar-refractivity contribution is 0.0698. The molecule has 1 amide bonds. The van der Waals surface area contributed by atoms with Crippen LogP contribution >= 0.6 is 34.5 Å². The number of thiophene rings is 1. The van der Waals surface area contributed by atoms with Crippen molar-refractivity contribution in [3.63, 3.8) is 0 Å². The molecule has 0 atom stereocenters. The molecule has 0 fully saturated rings. The van der Waals surface area contributed by atoms with Gasteiger partial charge in [0.1, 0.15) is 15.3 Å². The van der Waals surface area contributed by atoms with E-state index in [4.69, 9.17) is 28.3 Å². The van der Waals surface area contributed by atoms with E-state index in [9.17, 15) is 9.59 Å². The van der Waals surface area contributed by atoms with Gasteiger partial charge in [-0.25, -0.2) is 9.78 Å². The third kappa shape index (κ3) is 3.04. The number of carbonyl (C=O) groups excluding carboxylic acids is 1. The second-order valence-corrected chi connectivity index (χ2v) is 5.06. The Bertz CT molecular complexity index is 657. The molecule has 0 aliphatic carbocycles. The number of hydrogen-bond donors (Lipinski definition) is 2. The number of carboxylic acid groups (broad SMARTS) is 1. The van der Waals surface area contributed by atoms with Crippen molar-refractivity contribution in [3.8, 4) is 0 Å². The lowest BCUT2D eigenvalue weighted by Crippen LogP contribution is -2.14. The van der Waals surface area contributed by atoms with Crippen LogP contribution in [0.4, 0.5) is 5.00 Å². The normalized spacial score (nSPS) is 10.2. The third-order valence-corrected chi connectivity index (χ3v) is 3.51. The van der Waals surface area contributed by atoms with E-state index in [1.54, 1.807) is 5.38 Å². The highest BCUT2D eigenvalue weighted by molar-refractivity contribution is 7.14. The van der Waals surface area contributed by atoms with Crippen molar-refractivity contribution in [2.45, 2.75) is 0 Å². The summed E-state index contributed by atoms with van der Waals surface area (Å²) in [5, 5.41) is 13.3. The van der Waals surface area contributed by atoms with Crippen molar-refractivity contribution in [3.05, 3.63) is 45.0 Å². The van der Waals surface area contributed by atoms with Crippen molar-refractivity contribution in [2.24, 2.45) is 0 Å². The fourth-order valence-electron chi connectivity index (χ4n) is 1.33. The number of nitrogens with one attached hydrogen (secondary N) is 1. The molecule has 8 heteroatoms. The van der Waals surface area contributed by atoms with Gasteiger partial charge in [0.05, 0.1) is 11.1 Å². The Balaban J connectivity index is 2.26. The zero-order valence-electron chi connectivity index (χ0n) is 9.18. The highest BCUT2D eigenvalue weighted by Gasteiger charge is 2.17. The fraction of sp³-hybridized carbons (Fsp3) is 0. The molecule has 2 aromatic rings. The first-order chi connectivity index (χ1) is 8.99. The van der Waals surface area contributed by atoms with Crippen LogP contribution in [0.15, 0.2) is 23.6 Å². The van der Waals surface area contributed by atoms with Crippen LogP contribution in [0.3, 0.4) is 0 Å². The summed E-state index contributed by atoms with van der Waals surface area (Å²) in [6, 6.07) is 4.25. The Morgan fingerprint density at radius 3 is 2.58 bits per heavy atom. The molecule has 2 aromatic heterocycles. The first kappa shape index (κ1) is 13.8. The second kappa shape index (κ2) is 5.56. The van der Waals surface area contributed by atoms with E-state index >= 15 is 0 Å². The molecule has 2 heterocycles. The van der Waals surface area contributed by atoms with Gasteiger partial charge in [-0.3, -0.25) is 4.79 Å². The number of nitrogens with zero attached hydrogens (tertiary/aromatic N) is 1. The lowest BCUT2D eigenvalue weighted by Gasteiger charge is -2.05. The predicted octanol–water partition coefficient (Wildman–Crippen LogP) is 3.40. The minimum absolute atomic E-state index is 0.0244. The molecule has 0 aromatic carbocycles. The molecule has 19 heavy (non-hydrogen) atoms. The molecule has 2 rings (SSSR count). The topological polar surface area (TPSA) is 79.3 Å². The Labute approximate surface area is 121 Å². The number of aromatic nitrogens is 1. The van der Waals surface area contributed by atoms with Crippen LogP contribution in [-0.2, 0) is 0 Å². The van der Waals surface area contributed by atoms with Crippen molar-refractivity contribution >= 4 is 51.4 Å². The minimum atomic E-state index is -1.11. The average molecular weight is 317 g/mol. The van der Waals surface area contributed by atoms with Crippen molar-refractivity contribution in [1.29, 1.82) is 0 Å². The summed E-state index contributed by atoms with van der Waals surface area (Å²) in [7, 11) is 0. The molecular weight excluding hydrogens is 311 g/mol. The van der Waals surface area contributed by atoms with E-state index in [0.717, 1.165) is 11.3 Å². The van der Waals surface area contributed by atoms with Crippen LogP contribution in [0.25, 0.3) is 0 Å². The van der Waals surface area contributed by atoms with Gasteiger partial charge in [0.15, 0.2) is 0 Å². The first-order valence-corrected chi connectivity index (χ1v) is 6.57. The molecule has 0 bridgehead atoms. The zero-order chi connectivity index (χ0) is 14.0. The molecule has 0 unspecified atom stereocenters. The molecule has 0 saturated heterocycles. The molecule has 0 radical (unpaired) electrons. The third-order valence-electron chi connectivity index (χ3n) is 2.18. The molecule has 98 valence electrons. The average Bonchev–Trinajstić information content (AvgIpc) is 2.76. The first-order valence-electron chi connectivity index (χ1n) is 4.93. The maximum Gasteiger partial charge on any atom is 0.338 e. The van der Waals surface area contributed by atoms with E-state index in [0.29, 0.717) is 0 Å². The summed E-state index contributed by atoms with van der Waals surface area (Å²) in [6.07, 6.45) is 0. The number of carboxylic acids is 1. The minimum Gasteiger partial charge on any atom is -0.478 e. The number of hydrogen-bond acceptors (Lipinski definition) is 4. The largest absolute Gasteiger partial charge is 0.478 e. The van der Waals surface area contributed by atoms with Gasteiger partial charge in [-0.15, -0.1) is 11.3 Å². The van der Waals surface area contributed by atoms with E-state index in [1.165, 1.54) is 18.2 Å². The van der Waals surface area contributed by atoms with Gasteiger partial charge in [-0.05, 0) is 23.6 Å². The molecule has 0 aliphatic rings. The Morgan fingerprint density at radius 2 is 1.95 bits per heavy atom. The SMILES string of the molecule is O=C(Nc1sccc1C(=O)O)c1ccc(Cl)nc1Cl. The Kier molecular flexibility index (Phi) is 4.04. The summed E-state index contributed by atoms with van der Waals surface area (Å²) < 4.78 is 0. The number of halogens is 2. The number of anilines is 1. The van der Waals surface area contributed by atoms with Crippen LogP contribution in [0.2, 0.25) is 10.3 Å². The van der Waals surface area contributed by atoms with E-state index in [-0.39, 0.29) is 26.4 Å². The van der Waals surface area contributed by atoms with Gasteiger partial charge in [-0.1, -0.05) is 23.2 Å². The quantitative estimate of drug-likeness (QED) is 0.850. The summed E-state index contributed by atoms with van der Waals surface area (Å²) in [5.74, 6) is -1.66. The maximum absolute atomic E-state index is 12.0. The summed E-state index contributed by atoms with van der Waals surface area (Å²) in [5.41, 5.74) is 0.146. The highest BCUT2D eigenvalue weighted by Crippen LogP contribution is 2.25. The van der Waals surface area contributed by atoms with Crippen molar-refractivity contribution in [1.82, 2.24) is 4.98 Å². The Morgan fingerprint density at radius 1 is 1.21 bits per heavy atom. The van der Waals surface area contributed by atoms with Crippen molar-refractivity contribution < 1.29 is 14.7 Å². The smallest absolute Gasteiger partial charge is 0.338 e. The highest BCUT2D eigenvalue weighted by atomic mass is 35.5. The zero-order valence-corrected chi connectivity index (χ0v) is 11.5. The van der Waals surface area contributed by atoms with E-state index in [2.05, 4.69) is 10.3 Å². The second-order valence-electron chi connectivity index (χ2n) is 3.40. The Hall–Kier alpha value is -1.63. The van der Waals surface area contributed by atoms with Gasteiger partial charge in [0, 0.05) is 0 Å². The van der Waals surface area contributed by atoms with Gasteiger partial charge in [0.2, 0.25) is 0 Å². The van der Waals surface area contributed by atoms with Crippen LogP contribution < -0.4 is 5.32 Å². The van der Waals surface area contributed by atoms with E-state index < -0.39 is 11.9 Å². The molecule has 0 saturated carbocycles. The van der Waals surface area contributed by atoms with E-state index in [1.807, 2.05) is 0 Å². The van der Waals surface area contributed by atoms with Gasteiger partial charge >= 0.3 is 5.97 Å². The fourth-order valence-corrected chi connectivity index (χ4v) is 2.53. The number of amides is 1. The summed E-state index contributed by atoms with van der Waals surface area (Å²) in [6.45, 7) is 0. The monoisotopic (exact) mass is 316 g/mol. The standard InChI is InChI=1S/C11H6Cl2N2O3S/c12-7-2-1-5(8(13)14-7)9(16)15-10-6(11(17)18)3-4-19-10/h1-4H,(H,15,16)(H,17,18). The molecule has 2 N–H and O–H groups in total. The molecule has 5 nitrogen and oxygen atoms in total. The summed E-state index contributed by atoms with van der Waals surface area (Å²) >= 11 is 12.5. The van der Waals surface area contributed by atoms with Crippen molar-refractivity contribution in [2.75, 3.05) is 5.32 Å². The molecular formula is C11H6Cl2N2O3S. The molecule has 0 spiro atoms. The number of carbonyl (C=O) groups is 2. The predicted molar refractivity (Wildman–Crippen MR) is 73.5 cm³/mol. The van der Waals surface area contributed by atoms with Crippen LogP contribution in [0.1, 0.15) is 20.7 Å². The van der Waals surface area contributed by atoms with Crippen LogP contribution in [0, 0.1) is 0 Å². The van der Waals surface area contributed by atoms with Crippen LogP contribution in [0.5, 0.6) is 0 Å². The lowest BCUT2D eigenvalue weighted by atomic mass is 10.2. The number of aromatic carboxylic acids is 1. The number of rotatable bonds is 3. The van der Waals surface area contributed by atoms with Crippen LogP contribution in [-0.4, -0.2) is 22.0 Å². The number of pyridine rings is 1. The van der Waals surface area contributed by atoms with Gasteiger partial charge in [-0.2, -0.15) is 0 Å². The van der Waals surface area contributed by atoms with Gasteiger partial charge in [0.25, 0.3) is 5.91 Å². The summed E-state index contributed by atoms with van der Waals surface area (Å²) in [4.78, 5) is 26.6. The molecule has 0 aliphatic heterocycles.